The molecule has 1 aromatic carbocycles. The maximum absolute atomic E-state index is 13.2. The minimum atomic E-state index is -0.770. The van der Waals surface area contributed by atoms with Crippen LogP contribution in [-0.4, -0.2) is 57.7 Å². The van der Waals surface area contributed by atoms with Gasteiger partial charge in [-0.15, -0.1) is 0 Å². The Morgan fingerprint density at radius 2 is 2.00 bits per heavy atom. The Hall–Kier alpha value is -3.85. The molecule has 3 N–H and O–H groups in total. The number of amides is 2. The van der Waals surface area contributed by atoms with Gasteiger partial charge in [0.15, 0.2) is 5.82 Å². The van der Waals surface area contributed by atoms with Crippen molar-refractivity contribution in [1.29, 1.82) is 0 Å². The summed E-state index contributed by atoms with van der Waals surface area (Å²) in [5, 5.41) is 12.9. The molecule has 1 saturated carbocycles. The van der Waals surface area contributed by atoms with Crippen LogP contribution in [0.1, 0.15) is 49.3 Å². The number of carbonyl (C=O) groups is 2. The number of pyridine rings is 1. The van der Waals surface area contributed by atoms with Gasteiger partial charge in [-0.3, -0.25) is 19.6 Å². The van der Waals surface area contributed by atoms with E-state index >= 15 is 0 Å². The minimum Gasteiger partial charge on any atom is -0.309 e. The summed E-state index contributed by atoms with van der Waals surface area (Å²) < 4.78 is 13.2. The fourth-order valence-electron chi connectivity index (χ4n) is 4.44. The Morgan fingerprint density at radius 3 is 2.73 bits per heavy atom. The third kappa shape index (κ3) is 6.48. The summed E-state index contributed by atoms with van der Waals surface area (Å²) in [7, 11) is 0. The molecule has 3 heterocycles. The lowest BCUT2D eigenvalue weighted by atomic mass is 9.96. The van der Waals surface area contributed by atoms with Crippen LogP contribution in [0.3, 0.4) is 0 Å². The molecule has 5 rings (SSSR count). The van der Waals surface area contributed by atoms with Gasteiger partial charge in [-0.2, -0.15) is 5.10 Å². The third-order valence-corrected chi connectivity index (χ3v) is 6.84. The number of benzene rings is 1. The molecule has 2 unspecified atom stereocenters. The van der Waals surface area contributed by atoms with E-state index in [9.17, 15) is 14.0 Å². The SMILES string of the molecule is CC(C(=O)Nc1cc(C2CC2)[nH]n1)c1cccc(-c2ccc(NC(=O)C=CCN3CCC(F)C3)nc2)c1. The number of likely N-dealkylation sites (tertiary alicyclic amines) is 1. The molecule has 0 spiro atoms. The van der Waals surface area contributed by atoms with E-state index in [-0.39, 0.29) is 17.7 Å². The van der Waals surface area contributed by atoms with Gasteiger partial charge in [-0.25, -0.2) is 9.37 Å². The van der Waals surface area contributed by atoms with Gasteiger partial charge >= 0.3 is 0 Å². The molecule has 1 saturated heterocycles. The van der Waals surface area contributed by atoms with E-state index in [4.69, 9.17) is 0 Å². The van der Waals surface area contributed by atoms with Crippen molar-refractivity contribution in [1.82, 2.24) is 20.1 Å². The highest BCUT2D eigenvalue weighted by molar-refractivity contribution is 5.98. The summed E-state index contributed by atoms with van der Waals surface area (Å²) in [6.07, 6.45) is 7.00. The minimum absolute atomic E-state index is 0.121. The molecule has 8 nitrogen and oxygen atoms in total. The molecular formula is C28H31FN6O2. The summed E-state index contributed by atoms with van der Waals surface area (Å²) >= 11 is 0. The monoisotopic (exact) mass is 502 g/mol. The normalized spacial score (nSPS) is 18.7. The second-order valence-corrected chi connectivity index (χ2v) is 9.79. The Kier molecular flexibility index (Phi) is 7.41. The van der Waals surface area contributed by atoms with Crippen molar-refractivity contribution in [3.63, 3.8) is 0 Å². The Labute approximate surface area is 215 Å². The Balaban J connectivity index is 1.16. The summed E-state index contributed by atoms with van der Waals surface area (Å²) in [5.74, 6) is 0.774. The lowest BCUT2D eigenvalue weighted by molar-refractivity contribution is -0.117. The summed E-state index contributed by atoms with van der Waals surface area (Å²) in [6, 6.07) is 13.3. The van der Waals surface area contributed by atoms with Crippen molar-refractivity contribution in [3.05, 3.63) is 72.1 Å². The maximum atomic E-state index is 13.2. The van der Waals surface area contributed by atoms with Crippen LogP contribution in [0.25, 0.3) is 11.1 Å². The topological polar surface area (TPSA) is 103 Å². The van der Waals surface area contributed by atoms with Crippen molar-refractivity contribution in [2.45, 2.75) is 44.2 Å². The number of nitrogens with one attached hydrogen (secondary N) is 3. The van der Waals surface area contributed by atoms with Gasteiger partial charge in [0.25, 0.3) is 0 Å². The van der Waals surface area contributed by atoms with E-state index in [0.29, 0.717) is 43.6 Å². The highest BCUT2D eigenvalue weighted by atomic mass is 19.1. The van der Waals surface area contributed by atoms with Gasteiger partial charge < -0.3 is 10.6 Å². The molecule has 0 bridgehead atoms. The molecule has 2 amide bonds. The lowest BCUT2D eigenvalue weighted by Crippen LogP contribution is -2.21. The molecule has 2 aliphatic rings. The fourth-order valence-corrected chi connectivity index (χ4v) is 4.44. The lowest BCUT2D eigenvalue weighted by Gasteiger charge is -2.13. The van der Waals surface area contributed by atoms with E-state index < -0.39 is 6.17 Å². The molecule has 37 heavy (non-hydrogen) atoms. The molecule has 1 aliphatic heterocycles. The van der Waals surface area contributed by atoms with Crippen molar-refractivity contribution < 1.29 is 14.0 Å². The fraction of sp³-hybridized carbons (Fsp3) is 0.357. The summed E-state index contributed by atoms with van der Waals surface area (Å²) in [5.41, 5.74) is 3.76. The molecule has 2 fully saturated rings. The van der Waals surface area contributed by atoms with Gasteiger partial charge in [-0.05, 0) is 49.4 Å². The molecule has 3 aromatic rings. The Morgan fingerprint density at radius 1 is 1.14 bits per heavy atom. The van der Waals surface area contributed by atoms with Crippen LogP contribution < -0.4 is 10.6 Å². The van der Waals surface area contributed by atoms with Crippen LogP contribution in [0.2, 0.25) is 0 Å². The van der Waals surface area contributed by atoms with Crippen LogP contribution in [0.5, 0.6) is 0 Å². The van der Waals surface area contributed by atoms with E-state index in [2.05, 4.69) is 25.8 Å². The number of halogens is 1. The van der Waals surface area contributed by atoms with Gasteiger partial charge in [0.05, 0.1) is 5.92 Å². The number of hydrogen-bond donors (Lipinski definition) is 3. The zero-order chi connectivity index (χ0) is 25.8. The molecule has 192 valence electrons. The highest BCUT2D eigenvalue weighted by Crippen LogP contribution is 2.39. The third-order valence-electron chi connectivity index (χ3n) is 6.84. The maximum Gasteiger partial charge on any atom is 0.249 e. The van der Waals surface area contributed by atoms with Crippen molar-refractivity contribution in [2.75, 3.05) is 30.3 Å². The van der Waals surface area contributed by atoms with Crippen LogP contribution in [0.15, 0.2) is 60.8 Å². The van der Waals surface area contributed by atoms with Crippen LogP contribution in [0.4, 0.5) is 16.0 Å². The Bertz CT molecular complexity index is 1280. The number of nitrogens with zero attached hydrogens (tertiary/aromatic N) is 3. The standard InChI is InChI=1S/C28H31FN6O2/c1-18(28(37)32-26-15-24(33-34-26)19-7-8-19)20-4-2-5-21(14-20)22-9-10-25(30-16-22)31-27(36)6-3-12-35-13-11-23(29)17-35/h2-6,9-10,14-16,18-19,23H,7-8,11-13,17H2,1H3,(H,30,31,36)(H2,32,33,34,37). The van der Waals surface area contributed by atoms with Crippen molar-refractivity contribution in [3.8, 4) is 11.1 Å². The number of alkyl halides is 1. The van der Waals surface area contributed by atoms with Crippen molar-refractivity contribution in [2.24, 2.45) is 0 Å². The molecular weight excluding hydrogens is 471 g/mol. The molecule has 9 heteroatoms. The second kappa shape index (κ2) is 11.0. The van der Waals surface area contributed by atoms with Crippen molar-refractivity contribution >= 4 is 23.5 Å². The second-order valence-electron chi connectivity index (χ2n) is 9.79. The smallest absolute Gasteiger partial charge is 0.249 e. The average Bonchev–Trinajstić information content (AvgIpc) is 3.51. The van der Waals surface area contributed by atoms with Gasteiger partial charge in [0.2, 0.25) is 11.8 Å². The highest BCUT2D eigenvalue weighted by Gasteiger charge is 2.26. The number of aromatic nitrogens is 3. The number of anilines is 2. The number of H-pyrrole nitrogens is 1. The first kappa shape index (κ1) is 24.8. The van der Waals surface area contributed by atoms with Gasteiger partial charge in [0.1, 0.15) is 12.0 Å². The molecule has 2 aromatic heterocycles. The van der Waals surface area contributed by atoms with Crippen LogP contribution in [-0.2, 0) is 9.59 Å². The molecule has 1 aliphatic carbocycles. The van der Waals surface area contributed by atoms with Gasteiger partial charge in [0, 0.05) is 55.1 Å². The van der Waals surface area contributed by atoms with Gasteiger partial charge in [-0.1, -0.05) is 30.3 Å². The number of aromatic amines is 1. The predicted octanol–water partition coefficient (Wildman–Crippen LogP) is 4.63. The first-order valence-corrected chi connectivity index (χ1v) is 12.7. The van der Waals surface area contributed by atoms with E-state index in [1.165, 1.54) is 18.9 Å². The first-order valence-electron chi connectivity index (χ1n) is 12.7. The largest absolute Gasteiger partial charge is 0.309 e. The predicted molar refractivity (Wildman–Crippen MR) is 141 cm³/mol. The number of hydrogen-bond acceptors (Lipinski definition) is 5. The van der Waals surface area contributed by atoms with E-state index in [0.717, 1.165) is 22.4 Å². The molecule has 0 radical (unpaired) electrons. The number of carbonyl (C=O) groups excluding carboxylic acids is 2. The summed E-state index contributed by atoms with van der Waals surface area (Å²) in [4.78, 5) is 31.3. The van der Waals surface area contributed by atoms with E-state index in [1.807, 2.05) is 48.2 Å². The van der Waals surface area contributed by atoms with E-state index in [1.54, 1.807) is 18.3 Å². The van der Waals surface area contributed by atoms with Crippen LogP contribution >= 0.6 is 0 Å². The number of rotatable bonds is 9. The quantitative estimate of drug-likeness (QED) is 0.370. The zero-order valence-corrected chi connectivity index (χ0v) is 20.8. The molecule has 2 atom stereocenters. The first-order chi connectivity index (χ1) is 17.9. The average molecular weight is 503 g/mol. The summed E-state index contributed by atoms with van der Waals surface area (Å²) in [6.45, 7) is 3.56. The zero-order valence-electron chi connectivity index (χ0n) is 20.8. The van der Waals surface area contributed by atoms with Crippen LogP contribution in [0, 0.1) is 0 Å².